The third kappa shape index (κ3) is 4.49. The van der Waals surface area contributed by atoms with Crippen LogP contribution in [0.2, 0.25) is 0 Å². The van der Waals surface area contributed by atoms with Crippen molar-refractivity contribution in [3.05, 3.63) is 76.6 Å². The van der Waals surface area contributed by atoms with E-state index in [9.17, 15) is 14.0 Å². The number of aromatic nitrogens is 4. The van der Waals surface area contributed by atoms with Gasteiger partial charge in [-0.05, 0) is 23.8 Å². The first kappa shape index (κ1) is 19.2. The van der Waals surface area contributed by atoms with Crippen LogP contribution in [0, 0.1) is 5.82 Å². The van der Waals surface area contributed by atoms with Crippen LogP contribution >= 0.6 is 23.1 Å². The van der Waals surface area contributed by atoms with Crippen LogP contribution in [0.1, 0.15) is 5.56 Å². The lowest BCUT2D eigenvalue weighted by molar-refractivity contribution is -0.116. The molecule has 1 amide bonds. The fourth-order valence-electron chi connectivity index (χ4n) is 2.61. The summed E-state index contributed by atoms with van der Waals surface area (Å²) in [4.78, 5) is 28.9. The maximum atomic E-state index is 13.7. The van der Waals surface area contributed by atoms with Gasteiger partial charge >= 0.3 is 0 Å². The molecule has 4 rings (SSSR count). The molecule has 0 spiro atoms. The summed E-state index contributed by atoms with van der Waals surface area (Å²) in [7, 11) is 0. The minimum absolute atomic E-state index is 0.187. The molecule has 0 saturated heterocycles. The summed E-state index contributed by atoms with van der Waals surface area (Å²) in [6, 6.07) is 13.5. The first-order valence-electron chi connectivity index (χ1n) is 8.54. The van der Waals surface area contributed by atoms with E-state index < -0.39 is 5.91 Å². The first-order chi connectivity index (χ1) is 14.1. The van der Waals surface area contributed by atoms with Crippen molar-refractivity contribution in [3.63, 3.8) is 0 Å². The van der Waals surface area contributed by atoms with Crippen molar-refractivity contribution < 1.29 is 9.18 Å². The van der Waals surface area contributed by atoms with E-state index in [2.05, 4.69) is 20.5 Å². The number of thioether (sulfide) groups is 1. The van der Waals surface area contributed by atoms with Crippen molar-refractivity contribution in [2.75, 3.05) is 5.32 Å². The lowest BCUT2D eigenvalue weighted by Gasteiger charge is -2.05. The third-order valence-corrected chi connectivity index (χ3v) is 6.03. The first-order valence-corrected chi connectivity index (χ1v) is 10.3. The highest BCUT2D eigenvalue weighted by Crippen LogP contribution is 2.28. The van der Waals surface area contributed by atoms with Gasteiger partial charge in [-0.1, -0.05) is 53.4 Å². The topological polar surface area (TPSA) is 89.8 Å². The smallest absolute Gasteiger partial charge is 0.261 e. The lowest BCUT2D eigenvalue weighted by Crippen LogP contribution is -2.27. The molecule has 0 saturated carbocycles. The van der Waals surface area contributed by atoms with Gasteiger partial charge in [-0.3, -0.25) is 19.5 Å². The predicted molar refractivity (Wildman–Crippen MR) is 111 cm³/mol. The number of nitrogens with zero attached hydrogens (tertiary/aromatic N) is 4. The molecule has 0 bridgehead atoms. The summed E-state index contributed by atoms with van der Waals surface area (Å²) < 4.78 is 15.5. The molecule has 2 aromatic carbocycles. The normalized spacial score (nSPS) is 10.9. The number of halogens is 1. The van der Waals surface area contributed by atoms with Crippen LogP contribution in [0.4, 0.5) is 9.52 Å². The molecule has 0 unspecified atom stereocenters. The second-order valence-corrected chi connectivity index (χ2v) is 8.20. The van der Waals surface area contributed by atoms with Crippen LogP contribution in [-0.4, -0.2) is 25.7 Å². The Labute approximate surface area is 172 Å². The van der Waals surface area contributed by atoms with E-state index in [0.717, 1.165) is 0 Å². The summed E-state index contributed by atoms with van der Waals surface area (Å²) in [5, 5.41) is 11.3. The second kappa shape index (κ2) is 8.50. The van der Waals surface area contributed by atoms with E-state index in [4.69, 9.17) is 0 Å². The van der Waals surface area contributed by atoms with E-state index in [1.54, 1.807) is 42.5 Å². The van der Waals surface area contributed by atoms with Crippen molar-refractivity contribution in [1.29, 1.82) is 0 Å². The number of nitrogens with one attached hydrogen (secondary N) is 1. The van der Waals surface area contributed by atoms with Crippen LogP contribution in [0.25, 0.3) is 10.9 Å². The number of carbonyl (C=O) groups is 1. The van der Waals surface area contributed by atoms with Gasteiger partial charge in [0.25, 0.3) is 5.56 Å². The van der Waals surface area contributed by atoms with Crippen LogP contribution in [0.5, 0.6) is 0 Å². The average molecular weight is 427 g/mol. The van der Waals surface area contributed by atoms with Crippen LogP contribution in [-0.2, 0) is 17.1 Å². The number of para-hydroxylation sites is 1. The van der Waals surface area contributed by atoms with Crippen LogP contribution in [0.15, 0.2) is 64.0 Å². The fraction of sp³-hybridized carbons (Fsp3) is 0.105. The molecule has 0 aliphatic heterocycles. The molecule has 0 aliphatic carbocycles. The van der Waals surface area contributed by atoms with E-state index in [0.29, 0.717) is 31.7 Å². The molecule has 1 N–H and O–H groups in total. The number of hydrogen-bond acceptors (Lipinski definition) is 7. The Kier molecular flexibility index (Phi) is 5.63. The molecule has 0 atom stereocenters. The van der Waals surface area contributed by atoms with Gasteiger partial charge in [0.1, 0.15) is 12.4 Å². The quantitative estimate of drug-likeness (QED) is 0.375. The molecule has 2 heterocycles. The number of benzene rings is 2. The highest BCUT2D eigenvalue weighted by molar-refractivity contribution is 8.00. The van der Waals surface area contributed by atoms with Crippen LogP contribution < -0.4 is 10.9 Å². The highest BCUT2D eigenvalue weighted by Gasteiger charge is 2.12. The summed E-state index contributed by atoms with van der Waals surface area (Å²) >= 11 is 2.52. The number of anilines is 1. The van der Waals surface area contributed by atoms with Crippen molar-refractivity contribution in [2.24, 2.45) is 0 Å². The molecule has 10 heteroatoms. The van der Waals surface area contributed by atoms with Gasteiger partial charge in [-0.15, -0.1) is 10.2 Å². The number of hydrogen-bond donors (Lipinski definition) is 1. The fourth-order valence-corrected chi connectivity index (χ4v) is 4.36. The summed E-state index contributed by atoms with van der Waals surface area (Å²) in [5.74, 6) is -0.272. The Balaban J connectivity index is 1.39. The number of carbonyl (C=O) groups excluding carboxylic acids is 1. The maximum absolute atomic E-state index is 13.7. The molecule has 2 aromatic heterocycles. The van der Waals surface area contributed by atoms with Gasteiger partial charge in [0, 0.05) is 5.75 Å². The molecule has 7 nitrogen and oxygen atoms in total. The van der Waals surface area contributed by atoms with E-state index >= 15 is 0 Å². The van der Waals surface area contributed by atoms with E-state index in [-0.39, 0.29) is 17.9 Å². The molecule has 0 radical (unpaired) electrons. The average Bonchev–Trinajstić information content (AvgIpc) is 3.17. The zero-order valence-corrected chi connectivity index (χ0v) is 16.5. The third-order valence-electron chi connectivity index (χ3n) is 4.01. The Morgan fingerprint density at radius 1 is 1.14 bits per heavy atom. The van der Waals surface area contributed by atoms with Gasteiger partial charge in [0.05, 0.1) is 17.2 Å². The minimum Gasteiger partial charge on any atom is -0.299 e. The summed E-state index contributed by atoms with van der Waals surface area (Å²) in [5.41, 5.74) is 0.861. The van der Waals surface area contributed by atoms with Crippen LogP contribution in [0.3, 0.4) is 0 Å². The maximum Gasteiger partial charge on any atom is 0.261 e. The zero-order chi connectivity index (χ0) is 20.2. The summed E-state index contributed by atoms with van der Waals surface area (Å²) in [6.45, 7) is -0.187. The second-order valence-electron chi connectivity index (χ2n) is 6.00. The van der Waals surface area contributed by atoms with Crippen molar-refractivity contribution in [1.82, 2.24) is 19.7 Å². The molecular formula is C19H14FN5O2S2. The highest BCUT2D eigenvalue weighted by atomic mass is 32.2. The van der Waals surface area contributed by atoms with Gasteiger partial charge in [-0.25, -0.2) is 9.37 Å². The minimum atomic E-state index is -0.411. The molecular weight excluding hydrogens is 413 g/mol. The van der Waals surface area contributed by atoms with Gasteiger partial charge in [0.2, 0.25) is 11.0 Å². The number of amides is 1. The lowest BCUT2D eigenvalue weighted by atomic mass is 10.2. The monoisotopic (exact) mass is 427 g/mol. The number of rotatable bonds is 6. The number of fused-ring (bicyclic) bond motifs is 1. The van der Waals surface area contributed by atoms with Crippen molar-refractivity contribution >= 4 is 45.0 Å². The Hall–Kier alpha value is -3.11. The van der Waals surface area contributed by atoms with Gasteiger partial charge in [0.15, 0.2) is 4.34 Å². The Morgan fingerprint density at radius 3 is 2.79 bits per heavy atom. The Bertz CT molecular complexity index is 1240. The largest absolute Gasteiger partial charge is 0.299 e. The van der Waals surface area contributed by atoms with Crippen molar-refractivity contribution in [3.8, 4) is 0 Å². The molecule has 4 aromatic rings. The molecule has 0 fully saturated rings. The molecule has 146 valence electrons. The van der Waals surface area contributed by atoms with Gasteiger partial charge in [-0.2, -0.15) is 0 Å². The summed E-state index contributed by atoms with van der Waals surface area (Å²) in [6.07, 6.45) is 1.35. The van der Waals surface area contributed by atoms with Crippen molar-refractivity contribution in [2.45, 2.75) is 16.6 Å². The predicted octanol–water partition coefficient (Wildman–Crippen LogP) is 3.32. The standard InChI is InChI=1S/C19H14FN5O2S2/c20-14-7-3-1-5-12(14)10-28-19-24-23-18(29-19)22-16(26)9-25-11-21-15-8-4-2-6-13(15)17(25)27/h1-8,11H,9-10H2,(H,22,23,26). The Morgan fingerprint density at radius 2 is 1.93 bits per heavy atom. The molecule has 29 heavy (non-hydrogen) atoms. The zero-order valence-electron chi connectivity index (χ0n) is 14.9. The van der Waals surface area contributed by atoms with E-state index in [1.807, 2.05) is 0 Å². The van der Waals surface area contributed by atoms with Gasteiger partial charge < -0.3 is 0 Å². The van der Waals surface area contributed by atoms with E-state index in [1.165, 1.54) is 40.1 Å². The SMILES string of the molecule is O=C(Cn1cnc2ccccc2c1=O)Nc1nnc(SCc2ccccc2F)s1. The molecule has 0 aliphatic rings.